The van der Waals surface area contributed by atoms with E-state index >= 15 is 0 Å². The minimum atomic E-state index is -0.731. The number of carboxylic acid groups (broad SMARTS) is 1. The van der Waals surface area contributed by atoms with E-state index in [2.05, 4.69) is 15.5 Å². The highest BCUT2D eigenvalue weighted by Crippen LogP contribution is 2.28. The Bertz CT molecular complexity index is 565. The summed E-state index contributed by atoms with van der Waals surface area (Å²) in [6, 6.07) is 5.81. The average Bonchev–Trinajstić information content (AvgIpc) is 2.97. The lowest BCUT2D eigenvalue weighted by Gasteiger charge is -2.02. The molecule has 0 fully saturated rings. The molecule has 1 aliphatic rings. The van der Waals surface area contributed by atoms with E-state index in [-0.39, 0.29) is 5.92 Å². The van der Waals surface area contributed by atoms with Crippen LogP contribution in [0.15, 0.2) is 24.5 Å². The monoisotopic (exact) mass is 230 g/mol. The van der Waals surface area contributed by atoms with Crippen molar-refractivity contribution < 1.29 is 9.90 Å². The van der Waals surface area contributed by atoms with Gasteiger partial charge in [0.25, 0.3) is 0 Å². The molecule has 1 atom stereocenters. The van der Waals surface area contributed by atoms with Crippen LogP contribution in [0.1, 0.15) is 11.1 Å². The molecule has 0 aliphatic heterocycles. The molecule has 0 saturated carbocycles. The number of tetrazole rings is 1. The van der Waals surface area contributed by atoms with Crippen LogP contribution in [-0.4, -0.2) is 31.3 Å². The Labute approximate surface area is 96.9 Å². The smallest absolute Gasteiger partial charge is 0.307 e. The Hall–Kier alpha value is -2.24. The minimum Gasteiger partial charge on any atom is -0.481 e. The Morgan fingerprint density at radius 2 is 2.18 bits per heavy atom. The van der Waals surface area contributed by atoms with Gasteiger partial charge in [0.05, 0.1) is 11.6 Å². The highest BCUT2D eigenvalue weighted by molar-refractivity contribution is 5.72. The van der Waals surface area contributed by atoms with Gasteiger partial charge >= 0.3 is 5.97 Å². The van der Waals surface area contributed by atoms with Crippen LogP contribution in [-0.2, 0) is 17.6 Å². The molecule has 0 amide bonds. The molecule has 0 bridgehead atoms. The fourth-order valence-corrected chi connectivity index (χ4v) is 2.20. The fourth-order valence-electron chi connectivity index (χ4n) is 2.20. The van der Waals surface area contributed by atoms with Crippen LogP contribution in [0, 0.1) is 5.92 Å². The summed E-state index contributed by atoms with van der Waals surface area (Å²) in [4.78, 5) is 10.9. The number of carbonyl (C=O) groups is 1. The van der Waals surface area contributed by atoms with Gasteiger partial charge in [-0.3, -0.25) is 4.79 Å². The second-order valence-electron chi connectivity index (χ2n) is 4.15. The molecule has 1 aromatic heterocycles. The number of carboxylic acids is 1. The lowest BCUT2D eigenvalue weighted by molar-refractivity contribution is -0.141. The molecule has 86 valence electrons. The zero-order valence-electron chi connectivity index (χ0n) is 8.95. The molecule has 6 nitrogen and oxygen atoms in total. The van der Waals surface area contributed by atoms with Gasteiger partial charge in [0, 0.05) is 0 Å². The molecular weight excluding hydrogens is 220 g/mol. The van der Waals surface area contributed by atoms with Gasteiger partial charge in [0.15, 0.2) is 0 Å². The number of hydrogen-bond acceptors (Lipinski definition) is 4. The summed E-state index contributed by atoms with van der Waals surface area (Å²) in [7, 11) is 0. The first kappa shape index (κ1) is 9.95. The molecule has 1 heterocycles. The van der Waals surface area contributed by atoms with E-state index in [0.29, 0.717) is 12.8 Å². The van der Waals surface area contributed by atoms with Crippen molar-refractivity contribution in [2.24, 2.45) is 5.92 Å². The lowest BCUT2D eigenvalue weighted by Crippen LogP contribution is -2.12. The molecule has 3 rings (SSSR count). The zero-order valence-corrected chi connectivity index (χ0v) is 8.95. The maximum absolute atomic E-state index is 10.9. The third-order valence-electron chi connectivity index (χ3n) is 3.09. The average molecular weight is 230 g/mol. The second-order valence-corrected chi connectivity index (χ2v) is 4.15. The number of rotatable bonds is 2. The van der Waals surface area contributed by atoms with E-state index in [4.69, 9.17) is 5.11 Å². The number of nitrogens with zero attached hydrogens (tertiary/aromatic N) is 4. The Morgan fingerprint density at radius 3 is 2.88 bits per heavy atom. The van der Waals surface area contributed by atoms with Crippen molar-refractivity contribution in [2.45, 2.75) is 12.8 Å². The van der Waals surface area contributed by atoms with Gasteiger partial charge in [-0.05, 0) is 46.5 Å². The highest BCUT2D eigenvalue weighted by atomic mass is 16.4. The molecule has 1 aromatic carbocycles. The molecule has 0 spiro atoms. The van der Waals surface area contributed by atoms with Crippen LogP contribution in [0.3, 0.4) is 0 Å². The van der Waals surface area contributed by atoms with Gasteiger partial charge < -0.3 is 5.11 Å². The number of hydrogen-bond donors (Lipinski definition) is 1. The Morgan fingerprint density at radius 1 is 1.35 bits per heavy atom. The van der Waals surface area contributed by atoms with Crippen molar-refractivity contribution in [3.63, 3.8) is 0 Å². The van der Waals surface area contributed by atoms with Crippen LogP contribution in [0.5, 0.6) is 0 Å². The second kappa shape index (κ2) is 3.65. The molecule has 1 unspecified atom stereocenters. The molecular formula is C11H10N4O2. The third kappa shape index (κ3) is 1.67. The molecule has 2 aromatic rings. The van der Waals surface area contributed by atoms with Gasteiger partial charge in [-0.25, -0.2) is 4.68 Å². The predicted molar refractivity (Wildman–Crippen MR) is 57.7 cm³/mol. The summed E-state index contributed by atoms with van der Waals surface area (Å²) in [5, 5.41) is 20.0. The summed E-state index contributed by atoms with van der Waals surface area (Å²) in [5.41, 5.74) is 3.04. The van der Waals surface area contributed by atoms with Gasteiger partial charge in [0.1, 0.15) is 6.33 Å². The van der Waals surface area contributed by atoms with Crippen molar-refractivity contribution in [1.29, 1.82) is 0 Å². The van der Waals surface area contributed by atoms with Crippen molar-refractivity contribution in [3.05, 3.63) is 35.7 Å². The first-order valence-electron chi connectivity index (χ1n) is 5.32. The summed E-state index contributed by atoms with van der Waals surface area (Å²) in [6.45, 7) is 0. The van der Waals surface area contributed by atoms with Crippen molar-refractivity contribution in [1.82, 2.24) is 20.2 Å². The van der Waals surface area contributed by atoms with Crippen LogP contribution >= 0.6 is 0 Å². The number of benzene rings is 1. The van der Waals surface area contributed by atoms with Crippen LogP contribution in [0.25, 0.3) is 5.69 Å². The number of fused-ring (bicyclic) bond motifs is 1. The van der Waals surface area contributed by atoms with E-state index in [0.717, 1.165) is 16.8 Å². The minimum absolute atomic E-state index is 0.297. The first-order chi connectivity index (χ1) is 8.24. The molecule has 6 heteroatoms. The van der Waals surface area contributed by atoms with E-state index in [1.807, 2.05) is 18.2 Å². The van der Waals surface area contributed by atoms with Crippen molar-refractivity contribution in [2.75, 3.05) is 0 Å². The SMILES string of the molecule is O=C(O)C1Cc2ccc(-n3cnnn3)cc2C1. The number of aliphatic carboxylic acids is 1. The predicted octanol–water partition coefficient (Wildman–Crippen LogP) is 0.462. The van der Waals surface area contributed by atoms with Gasteiger partial charge in [-0.2, -0.15) is 0 Å². The van der Waals surface area contributed by atoms with Gasteiger partial charge in [-0.1, -0.05) is 6.07 Å². The van der Waals surface area contributed by atoms with E-state index < -0.39 is 5.97 Å². The molecule has 17 heavy (non-hydrogen) atoms. The number of aromatic nitrogens is 4. The van der Waals surface area contributed by atoms with E-state index in [1.54, 1.807) is 4.68 Å². The molecule has 1 aliphatic carbocycles. The van der Waals surface area contributed by atoms with E-state index in [9.17, 15) is 4.79 Å². The largest absolute Gasteiger partial charge is 0.481 e. The van der Waals surface area contributed by atoms with Crippen LogP contribution < -0.4 is 0 Å². The molecule has 1 N–H and O–H groups in total. The highest BCUT2D eigenvalue weighted by Gasteiger charge is 2.27. The third-order valence-corrected chi connectivity index (χ3v) is 3.09. The van der Waals surface area contributed by atoms with Crippen LogP contribution in [0.2, 0.25) is 0 Å². The Kier molecular flexibility index (Phi) is 2.14. The first-order valence-corrected chi connectivity index (χ1v) is 5.32. The van der Waals surface area contributed by atoms with Crippen molar-refractivity contribution >= 4 is 5.97 Å². The topological polar surface area (TPSA) is 80.9 Å². The quantitative estimate of drug-likeness (QED) is 0.810. The standard InChI is InChI=1S/C11H10N4O2/c16-11(17)9-3-7-1-2-10(5-8(7)4-9)15-6-12-13-14-15/h1-2,5-6,9H,3-4H2,(H,16,17). The van der Waals surface area contributed by atoms with E-state index in [1.165, 1.54) is 6.33 Å². The Balaban J connectivity index is 1.95. The summed E-state index contributed by atoms with van der Waals surface area (Å²) < 4.78 is 1.56. The lowest BCUT2D eigenvalue weighted by atomic mass is 10.1. The molecule has 0 radical (unpaired) electrons. The normalized spacial score (nSPS) is 18.0. The molecule has 0 saturated heterocycles. The summed E-state index contributed by atoms with van der Waals surface area (Å²) in [5.74, 6) is -1.03. The van der Waals surface area contributed by atoms with Gasteiger partial charge in [-0.15, -0.1) is 5.10 Å². The maximum atomic E-state index is 10.9. The van der Waals surface area contributed by atoms with Crippen LogP contribution in [0.4, 0.5) is 0 Å². The van der Waals surface area contributed by atoms with Gasteiger partial charge in [0.2, 0.25) is 0 Å². The fraction of sp³-hybridized carbons (Fsp3) is 0.273. The maximum Gasteiger partial charge on any atom is 0.307 e. The van der Waals surface area contributed by atoms with Crippen molar-refractivity contribution in [3.8, 4) is 5.69 Å². The summed E-state index contributed by atoms with van der Waals surface area (Å²) in [6.07, 6.45) is 2.71. The zero-order chi connectivity index (χ0) is 11.8. The summed E-state index contributed by atoms with van der Waals surface area (Å²) >= 11 is 0.